The maximum atomic E-state index is 11.9. The number of ether oxygens (including phenoxy) is 1. The fourth-order valence-electron chi connectivity index (χ4n) is 1.28. The van der Waals surface area contributed by atoms with Crippen LogP contribution in [0.3, 0.4) is 0 Å². The van der Waals surface area contributed by atoms with Crippen molar-refractivity contribution >= 4 is 5.91 Å². The van der Waals surface area contributed by atoms with E-state index >= 15 is 0 Å². The van der Waals surface area contributed by atoms with Gasteiger partial charge in [0, 0.05) is 7.11 Å². The van der Waals surface area contributed by atoms with Crippen molar-refractivity contribution in [3.05, 3.63) is 35.9 Å². The predicted octanol–water partition coefficient (Wildman–Crippen LogP) is 2.22. The third-order valence-electron chi connectivity index (χ3n) is 2.03. The van der Waals surface area contributed by atoms with E-state index < -0.39 is 11.7 Å². The fraction of sp³-hybridized carbons (Fsp3) is 0.462. The van der Waals surface area contributed by atoms with Gasteiger partial charge in [0.1, 0.15) is 0 Å². The lowest BCUT2D eigenvalue weighted by molar-refractivity contribution is -0.155. The number of carbonyl (C=O) groups excluding carboxylic acids is 1. The van der Waals surface area contributed by atoms with Gasteiger partial charge in [0.15, 0.2) is 6.10 Å². The van der Waals surface area contributed by atoms with Crippen molar-refractivity contribution in [3.8, 4) is 0 Å². The summed E-state index contributed by atoms with van der Waals surface area (Å²) >= 11 is 0. The number of benzene rings is 1. The van der Waals surface area contributed by atoms with Crippen molar-refractivity contribution in [3.63, 3.8) is 0 Å². The summed E-state index contributed by atoms with van der Waals surface area (Å²) in [7, 11) is 1.49. The van der Waals surface area contributed by atoms with E-state index in [9.17, 15) is 4.79 Å². The Labute approximate surface area is 102 Å². The number of hydrogen-bond donors (Lipinski definition) is 1. The molecule has 1 N–H and O–H groups in total. The number of amides is 1. The van der Waals surface area contributed by atoms with Crippen LogP contribution in [0, 0.1) is 0 Å². The second-order valence-corrected chi connectivity index (χ2v) is 4.71. The maximum Gasteiger partial charge on any atom is 0.277 e. The van der Waals surface area contributed by atoms with Gasteiger partial charge in [-0.25, -0.2) is 5.48 Å². The molecule has 4 heteroatoms. The van der Waals surface area contributed by atoms with Crippen molar-refractivity contribution in [2.24, 2.45) is 0 Å². The number of hydroxylamine groups is 1. The number of rotatable bonds is 4. The third kappa shape index (κ3) is 4.54. The van der Waals surface area contributed by atoms with Crippen LogP contribution in [0.2, 0.25) is 0 Å². The molecule has 0 aliphatic rings. The summed E-state index contributed by atoms with van der Waals surface area (Å²) in [6, 6.07) is 9.29. The van der Waals surface area contributed by atoms with Crippen LogP contribution in [0.1, 0.15) is 32.4 Å². The Balaban J connectivity index is 2.66. The van der Waals surface area contributed by atoms with Crippen LogP contribution in [-0.2, 0) is 14.4 Å². The standard InChI is InChI=1S/C13H19NO3/c1-13(2,3)17-14-12(15)11(16-4)10-8-6-5-7-9-10/h5-9,11H,1-4H3,(H,14,15). The molecule has 0 heterocycles. The highest BCUT2D eigenvalue weighted by atomic mass is 16.7. The van der Waals surface area contributed by atoms with Crippen molar-refractivity contribution < 1.29 is 14.4 Å². The van der Waals surface area contributed by atoms with Crippen LogP contribution < -0.4 is 5.48 Å². The molecule has 1 amide bonds. The highest BCUT2D eigenvalue weighted by molar-refractivity contribution is 5.81. The van der Waals surface area contributed by atoms with Gasteiger partial charge in [-0.2, -0.15) is 0 Å². The number of nitrogens with one attached hydrogen (secondary N) is 1. The lowest BCUT2D eigenvalue weighted by Crippen LogP contribution is -2.37. The van der Waals surface area contributed by atoms with E-state index in [4.69, 9.17) is 9.57 Å². The van der Waals surface area contributed by atoms with Crippen LogP contribution >= 0.6 is 0 Å². The highest BCUT2D eigenvalue weighted by Gasteiger charge is 2.22. The molecule has 0 saturated heterocycles. The van der Waals surface area contributed by atoms with E-state index in [1.165, 1.54) is 7.11 Å². The molecule has 1 unspecified atom stereocenters. The SMILES string of the molecule is COC(C(=O)NOC(C)(C)C)c1ccccc1. The topological polar surface area (TPSA) is 47.6 Å². The minimum absolute atomic E-state index is 0.311. The Morgan fingerprint density at radius 1 is 1.24 bits per heavy atom. The van der Waals surface area contributed by atoms with Gasteiger partial charge in [-0.3, -0.25) is 9.63 Å². The smallest absolute Gasteiger partial charge is 0.277 e. The molecule has 0 aromatic heterocycles. The van der Waals surface area contributed by atoms with Crippen LogP contribution in [-0.4, -0.2) is 18.6 Å². The molecule has 0 aliphatic heterocycles. The van der Waals surface area contributed by atoms with Crippen molar-refractivity contribution in [2.45, 2.75) is 32.5 Å². The number of hydrogen-bond acceptors (Lipinski definition) is 3. The average molecular weight is 237 g/mol. The van der Waals surface area contributed by atoms with Gasteiger partial charge in [-0.15, -0.1) is 0 Å². The minimum Gasteiger partial charge on any atom is -0.367 e. The van der Waals surface area contributed by atoms with E-state index in [2.05, 4.69) is 5.48 Å². The molecule has 1 rings (SSSR count). The molecule has 0 radical (unpaired) electrons. The zero-order valence-corrected chi connectivity index (χ0v) is 10.7. The highest BCUT2D eigenvalue weighted by Crippen LogP contribution is 2.16. The second-order valence-electron chi connectivity index (χ2n) is 4.71. The molecule has 0 aliphatic carbocycles. The summed E-state index contributed by atoms with van der Waals surface area (Å²) in [5.74, 6) is -0.311. The summed E-state index contributed by atoms with van der Waals surface area (Å²) in [6.07, 6.45) is -0.654. The average Bonchev–Trinajstić information content (AvgIpc) is 2.28. The maximum absolute atomic E-state index is 11.9. The first-order valence-corrected chi connectivity index (χ1v) is 5.49. The molecule has 94 valence electrons. The molecular formula is C13H19NO3. The van der Waals surface area contributed by atoms with E-state index in [-0.39, 0.29) is 5.91 Å². The lowest BCUT2D eigenvalue weighted by atomic mass is 10.1. The lowest BCUT2D eigenvalue weighted by Gasteiger charge is -2.21. The Kier molecular flexibility index (Phi) is 4.66. The van der Waals surface area contributed by atoms with E-state index in [1.54, 1.807) is 0 Å². The summed E-state index contributed by atoms with van der Waals surface area (Å²) in [6.45, 7) is 5.58. The van der Waals surface area contributed by atoms with Crippen molar-refractivity contribution in [1.82, 2.24) is 5.48 Å². The first kappa shape index (κ1) is 13.7. The Morgan fingerprint density at radius 2 is 1.82 bits per heavy atom. The zero-order valence-electron chi connectivity index (χ0n) is 10.7. The van der Waals surface area contributed by atoms with Gasteiger partial charge in [0.2, 0.25) is 0 Å². The fourth-order valence-corrected chi connectivity index (χ4v) is 1.28. The molecule has 0 fully saturated rings. The van der Waals surface area contributed by atoms with E-state index in [1.807, 2.05) is 51.1 Å². The Hall–Kier alpha value is -1.39. The zero-order chi connectivity index (χ0) is 12.9. The molecule has 1 aromatic carbocycles. The van der Waals surface area contributed by atoms with Crippen LogP contribution in [0.25, 0.3) is 0 Å². The molecule has 4 nitrogen and oxygen atoms in total. The van der Waals surface area contributed by atoms with Gasteiger partial charge in [-0.05, 0) is 26.3 Å². The van der Waals surface area contributed by atoms with E-state index in [0.717, 1.165) is 5.56 Å². The van der Waals surface area contributed by atoms with Gasteiger partial charge in [0.25, 0.3) is 5.91 Å². The Bertz CT molecular complexity index is 357. The summed E-state index contributed by atoms with van der Waals surface area (Å²) in [5.41, 5.74) is 2.78. The number of carbonyl (C=O) groups is 1. The summed E-state index contributed by atoms with van der Waals surface area (Å²) in [5, 5.41) is 0. The van der Waals surface area contributed by atoms with Gasteiger partial charge in [0.05, 0.1) is 5.60 Å². The van der Waals surface area contributed by atoms with E-state index in [0.29, 0.717) is 0 Å². The third-order valence-corrected chi connectivity index (χ3v) is 2.03. The molecule has 1 aromatic rings. The quantitative estimate of drug-likeness (QED) is 0.817. The molecule has 0 bridgehead atoms. The number of methoxy groups -OCH3 is 1. The normalized spacial score (nSPS) is 13.2. The molecule has 1 atom stereocenters. The van der Waals surface area contributed by atoms with Gasteiger partial charge >= 0.3 is 0 Å². The first-order valence-electron chi connectivity index (χ1n) is 5.49. The monoisotopic (exact) mass is 237 g/mol. The van der Waals surface area contributed by atoms with Crippen LogP contribution in [0.5, 0.6) is 0 Å². The Morgan fingerprint density at radius 3 is 2.29 bits per heavy atom. The predicted molar refractivity (Wildman–Crippen MR) is 65.2 cm³/mol. The summed E-state index contributed by atoms with van der Waals surface area (Å²) < 4.78 is 5.17. The molecular weight excluding hydrogens is 218 g/mol. The van der Waals surface area contributed by atoms with Crippen molar-refractivity contribution in [1.29, 1.82) is 0 Å². The molecule has 17 heavy (non-hydrogen) atoms. The second kappa shape index (κ2) is 5.80. The van der Waals surface area contributed by atoms with Crippen LogP contribution in [0.15, 0.2) is 30.3 Å². The van der Waals surface area contributed by atoms with Crippen LogP contribution in [0.4, 0.5) is 0 Å². The molecule has 0 saturated carbocycles. The van der Waals surface area contributed by atoms with Crippen molar-refractivity contribution in [2.75, 3.05) is 7.11 Å². The largest absolute Gasteiger partial charge is 0.367 e. The summed E-state index contributed by atoms with van der Waals surface area (Å²) in [4.78, 5) is 17.1. The molecule has 0 spiro atoms. The van der Waals surface area contributed by atoms with Gasteiger partial charge < -0.3 is 4.74 Å². The van der Waals surface area contributed by atoms with Gasteiger partial charge in [-0.1, -0.05) is 30.3 Å². The first-order chi connectivity index (χ1) is 7.94. The minimum atomic E-state index is -0.654.